The summed E-state index contributed by atoms with van der Waals surface area (Å²) in [4.78, 5) is 40.0. The second kappa shape index (κ2) is 9.32. The molecule has 7 nitrogen and oxygen atoms in total. The van der Waals surface area contributed by atoms with Crippen LogP contribution in [-0.2, 0) is 14.3 Å². The van der Waals surface area contributed by atoms with Crippen molar-refractivity contribution in [3.8, 4) is 5.13 Å². The van der Waals surface area contributed by atoms with Crippen molar-refractivity contribution in [2.24, 2.45) is 0 Å². The van der Waals surface area contributed by atoms with Gasteiger partial charge in [-0.25, -0.2) is 9.78 Å². The Kier molecular flexibility index (Phi) is 6.58. The summed E-state index contributed by atoms with van der Waals surface area (Å²) in [7, 11) is 0. The smallest absolute Gasteiger partial charge is 0.331 e. The molecule has 3 aromatic rings. The van der Waals surface area contributed by atoms with Gasteiger partial charge < -0.3 is 10.1 Å². The molecule has 30 heavy (non-hydrogen) atoms. The van der Waals surface area contributed by atoms with Gasteiger partial charge in [0.15, 0.2) is 17.5 Å². The van der Waals surface area contributed by atoms with E-state index < -0.39 is 18.5 Å². The van der Waals surface area contributed by atoms with Crippen LogP contribution < -0.4 is 5.32 Å². The van der Waals surface area contributed by atoms with Crippen molar-refractivity contribution in [2.45, 2.75) is 20.8 Å². The molecule has 0 atom stereocenters. The van der Waals surface area contributed by atoms with Gasteiger partial charge in [0.25, 0.3) is 5.91 Å². The molecule has 0 bridgehead atoms. The summed E-state index contributed by atoms with van der Waals surface area (Å²) in [6.07, 6.45) is 4.67. The number of esters is 1. The number of thiazole rings is 1. The fourth-order valence-electron chi connectivity index (χ4n) is 3.01. The minimum atomic E-state index is -0.635. The molecule has 0 aliphatic heterocycles. The molecule has 154 valence electrons. The average molecular weight is 423 g/mol. The first-order valence-electron chi connectivity index (χ1n) is 9.20. The van der Waals surface area contributed by atoms with Crippen LogP contribution in [0.4, 0.5) is 5.69 Å². The highest BCUT2D eigenvalue weighted by Crippen LogP contribution is 2.23. The third-order valence-corrected chi connectivity index (χ3v) is 5.16. The number of ketones is 1. The van der Waals surface area contributed by atoms with Gasteiger partial charge in [0.2, 0.25) is 0 Å². The molecule has 0 saturated carbocycles. The number of nitrogens with zero attached hydrogens (tertiary/aromatic N) is 2. The lowest BCUT2D eigenvalue weighted by Gasteiger charge is -2.08. The number of Topliss-reactive ketones (excluding diaryl/α,β-unsaturated/α-hetero) is 1. The zero-order valence-electron chi connectivity index (χ0n) is 16.8. The molecule has 0 radical (unpaired) electrons. The van der Waals surface area contributed by atoms with Gasteiger partial charge in [0.1, 0.15) is 0 Å². The molecule has 2 heterocycles. The van der Waals surface area contributed by atoms with Crippen LogP contribution in [0.5, 0.6) is 0 Å². The van der Waals surface area contributed by atoms with Crippen LogP contribution in [0.2, 0.25) is 0 Å². The lowest BCUT2D eigenvalue weighted by molar-refractivity contribution is -0.142. The quantitative estimate of drug-likeness (QED) is 0.353. The third kappa shape index (κ3) is 4.90. The van der Waals surface area contributed by atoms with Crippen molar-refractivity contribution in [3.05, 3.63) is 70.5 Å². The monoisotopic (exact) mass is 423 g/mol. The minimum absolute atomic E-state index is 0.166. The fourth-order valence-corrected chi connectivity index (χ4v) is 3.76. The molecule has 1 aromatic carbocycles. The number of ether oxygens (including phenoxy) is 1. The number of rotatable bonds is 7. The van der Waals surface area contributed by atoms with Gasteiger partial charge in [0.05, 0.1) is 5.69 Å². The second-order valence-corrected chi connectivity index (χ2v) is 7.44. The van der Waals surface area contributed by atoms with E-state index in [0.29, 0.717) is 11.3 Å². The number of hydrogen-bond donors (Lipinski definition) is 1. The van der Waals surface area contributed by atoms with Crippen LogP contribution in [0.3, 0.4) is 0 Å². The van der Waals surface area contributed by atoms with E-state index >= 15 is 0 Å². The molecule has 1 N–H and O–H groups in total. The lowest BCUT2D eigenvalue weighted by atomic mass is 10.1. The molecule has 8 heteroatoms. The molecule has 3 rings (SSSR count). The summed E-state index contributed by atoms with van der Waals surface area (Å²) in [5, 5.41) is 5.35. The maximum absolute atomic E-state index is 12.1. The zero-order valence-corrected chi connectivity index (χ0v) is 17.7. The first-order chi connectivity index (χ1) is 14.4. The number of aromatic nitrogens is 2. The number of nitrogens with one attached hydrogen (secondary N) is 1. The largest absolute Gasteiger partial charge is 0.452 e. The van der Waals surface area contributed by atoms with Gasteiger partial charge >= 0.3 is 5.97 Å². The number of amides is 1. The molecule has 0 unspecified atom stereocenters. The summed E-state index contributed by atoms with van der Waals surface area (Å²) in [5.74, 6) is -1.32. The Morgan fingerprint density at radius 2 is 2.00 bits per heavy atom. The summed E-state index contributed by atoms with van der Waals surface area (Å²) in [6.45, 7) is 4.88. The van der Waals surface area contributed by atoms with E-state index in [0.717, 1.165) is 22.1 Å². The van der Waals surface area contributed by atoms with E-state index in [2.05, 4.69) is 10.3 Å². The number of carbonyl (C=O) groups is 3. The van der Waals surface area contributed by atoms with Crippen LogP contribution in [0.25, 0.3) is 11.2 Å². The highest BCUT2D eigenvalue weighted by molar-refractivity contribution is 7.12. The minimum Gasteiger partial charge on any atom is -0.452 e. The normalized spacial score (nSPS) is 10.9. The number of benzene rings is 1. The van der Waals surface area contributed by atoms with E-state index in [1.807, 2.05) is 29.9 Å². The summed E-state index contributed by atoms with van der Waals surface area (Å²) in [6, 6.07) is 8.61. The third-order valence-electron chi connectivity index (χ3n) is 4.41. The zero-order chi connectivity index (χ0) is 21.7. The Bertz CT molecular complexity index is 1110. The van der Waals surface area contributed by atoms with E-state index in [4.69, 9.17) is 4.74 Å². The molecule has 0 aliphatic rings. The molecule has 2 aromatic heterocycles. The topological polar surface area (TPSA) is 90.3 Å². The SMILES string of the molecule is CC(=O)c1ccccc1NC(=O)COC(=O)/C=C/c1cc(C)n(-c2nccs2)c1C. The Balaban J connectivity index is 1.59. The van der Waals surface area contributed by atoms with Crippen molar-refractivity contribution in [1.82, 2.24) is 9.55 Å². The highest BCUT2D eigenvalue weighted by atomic mass is 32.1. The predicted molar refractivity (Wildman–Crippen MR) is 116 cm³/mol. The van der Waals surface area contributed by atoms with Crippen molar-refractivity contribution in [1.29, 1.82) is 0 Å². The van der Waals surface area contributed by atoms with Gasteiger partial charge in [-0.15, -0.1) is 11.3 Å². The molecule has 0 spiro atoms. The summed E-state index contributed by atoms with van der Waals surface area (Å²) in [5.41, 5.74) is 3.59. The van der Waals surface area contributed by atoms with E-state index in [1.165, 1.54) is 24.3 Å². The van der Waals surface area contributed by atoms with Crippen LogP contribution in [-0.4, -0.2) is 33.8 Å². The van der Waals surface area contributed by atoms with Crippen LogP contribution >= 0.6 is 11.3 Å². The lowest BCUT2D eigenvalue weighted by Crippen LogP contribution is -2.21. The summed E-state index contributed by atoms with van der Waals surface area (Å²) >= 11 is 1.53. The molecular formula is C22H21N3O4S. The first kappa shape index (κ1) is 21.2. The molecule has 0 fully saturated rings. The van der Waals surface area contributed by atoms with E-state index in [-0.39, 0.29) is 5.78 Å². The van der Waals surface area contributed by atoms with Gasteiger partial charge in [-0.1, -0.05) is 12.1 Å². The maximum Gasteiger partial charge on any atom is 0.331 e. The Morgan fingerprint density at radius 3 is 2.70 bits per heavy atom. The molecule has 0 saturated heterocycles. The van der Waals surface area contributed by atoms with Crippen LogP contribution in [0, 0.1) is 13.8 Å². The highest BCUT2D eigenvalue weighted by Gasteiger charge is 2.13. The predicted octanol–water partition coefficient (Wildman–Crippen LogP) is 3.95. The first-order valence-corrected chi connectivity index (χ1v) is 10.1. The maximum atomic E-state index is 12.1. The Morgan fingerprint density at radius 1 is 1.23 bits per heavy atom. The molecule has 1 amide bonds. The van der Waals surface area contributed by atoms with Crippen molar-refractivity contribution in [2.75, 3.05) is 11.9 Å². The van der Waals surface area contributed by atoms with Gasteiger partial charge in [-0.05, 0) is 50.6 Å². The van der Waals surface area contributed by atoms with Gasteiger partial charge in [-0.3, -0.25) is 14.2 Å². The van der Waals surface area contributed by atoms with Gasteiger partial charge in [0, 0.05) is 34.6 Å². The number of hydrogen-bond acceptors (Lipinski definition) is 6. The Hall–Kier alpha value is -3.52. The number of para-hydroxylation sites is 1. The number of aryl methyl sites for hydroxylation is 1. The van der Waals surface area contributed by atoms with Crippen LogP contribution in [0.15, 0.2) is 48.0 Å². The number of anilines is 1. The van der Waals surface area contributed by atoms with Crippen molar-refractivity contribution < 1.29 is 19.1 Å². The average Bonchev–Trinajstić information content (AvgIpc) is 3.32. The van der Waals surface area contributed by atoms with E-state index in [1.54, 1.807) is 36.5 Å². The van der Waals surface area contributed by atoms with Gasteiger partial charge in [-0.2, -0.15) is 0 Å². The summed E-state index contributed by atoms with van der Waals surface area (Å²) < 4.78 is 7.02. The molecular weight excluding hydrogens is 402 g/mol. The second-order valence-electron chi connectivity index (χ2n) is 6.57. The number of carbonyl (C=O) groups excluding carboxylic acids is 3. The Labute approximate surface area is 178 Å². The van der Waals surface area contributed by atoms with Crippen molar-refractivity contribution in [3.63, 3.8) is 0 Å². The molecule has 0 aliphatic carbocycles. The van der Waals surface area contributed by atoms with E-state index in [9.17, 15) is 14.4 Å². The van der Waals surface area contributed by atoms with Crippen molar-refractivity contribution >= 4 is 40.8 Å². The van der Waals surface area contributed by atoms with Crippen LogP contribution in [0.1, 0.15) is 34.2 Å². The fraction of sp³-hybridized carbons (Fsp3) is 0.182. The standard InChI is InChI=1S/C22H21N3O4S/c1-14-12-17(15(2)25(14)22-23-10-11-30-22)8-9-21(28)29-13-20(27)24-19-7-5-4-6-18(19)16(3)26/h4-12H,13H2,1-3H3,(H,24,27)/b9-8+.